The summed E-state index contributed by atoms with van der Waals surface area (Å²) in [6, 6.07) is 10.1. The van der Waals surface area contributed by atoms with Gasteiger partial charge in [0.2, 0.25) is 0 Å². The maximum atomic E-state index is 13.9. The van der Waals surface area contributed by atoms with Gasteiger partial charge in [-0.2, -0.15) is 0 Å². The van der Waals surface area contributed by atoms with Gasteiger partial charge >= 0.3 is 0 Å². The number of benzene rings is 1. The summed E-state index contributed by atoms with van der Waals surface area (Å²) in [5.74, 6) is 0.648. The summed E-state index contributed by atoms with van der Waals surface area (Å²) in [4.78, 5) is 12.9. The molecule has 0 aliphatic heterocycles. The molecule has 0 bridgehead atoms. The third-order valence-electron chi connectivity index (χ3n) is 6.28. The van der Waals surface area contributed by atoms with E-state index in [0.717, 1.165) is 47.6 Å². The fourth-order valence-electron chi connectivity index (χ4n) is 4.69. The number of rotatable bonds is 5. The number of hydrogen-bond donors (Lipinski definition) is 1. The van der Waals surface area contributed by atoms with E-state index in [1.54, 1.807) is 7.05 Å². The molecule has 2 atom stereocenters. The summed E-state index contributed by atoms with van der Waals surface area (Å²) in [5.41, 5.74) is 3.00. The van der Waals surface area contributed by atoms with Gasteiger partial charge in [-0.25, -0.2) is 19.3 Å². The van der Waals surface area contributed by atoms with Crippen molar-refractivity contribution in [3.63, 3.8) is 0 Å². The molecule has 7 heteroatoms. The molecule has 0 radical (unpaired) electrons. The van der Waals surface area contributed by atoms with Crippen LogP contribution in [0.15, 0.2) is 42.9 Å². The number of aryl methyl sites for hydroxylation is 1. The fourth-order valence-corrected chi connectivity index (χ4v) is 4.88. The zero-order valence-corrected chi connectivity index (χ0v) is 17.5. The van der Waals surface area contributed by atoms with E-state index in [4.69, 9.17) is 11.6 Å². The number of halogens is 2. The summed E-state index contributed by atoms with van der Waals surface area (Å²) in [5, 5.41) is 5.08. The molecule has 3 heterocycles. The van der Waals surface area contributed by atoms with Crippen LogP contribution in [0.2, 0.25) is 5.15 Å². The van der Waals surface area contributed by atoms with Crippen LogP contribution >= 0.6 is 11.6 Å². The molecule has 1 aliphatic carbocycles. The third kappa shape index (κ3) is 3.49. The van der Waals surface area contributed by atoms with Crippen molar-refractivity contribution in [1.82, 2.24) is 19.5 Å². The van der Waals surface area contributed by atoms with Gasteiger partial charge in [-0.1, -0.05) is 23.7 Å². The Bertz CT molecular complexity index is 1220. The standard InChI is InChI=1S/C23H23ClFN5/c1-26-22-19(25)12-16-6-4-15(11-20(16)29-22)3-2-14-5-7-17(10-14)30-9-8-18-21(24)27-13-28-23(18)30/h4,6,8-9,11-14,17H,2-3,5,7,10H2,1H3,(H,26,29). The van der Waals surface area contributed by atoms with E-state index in [1.807, 2.05) is 12.1 Å². The molecule has 2 unspecified atom stereocenters. The molecule has 1 N–H and O–H groups in total. The molecule has 4 aromatic rings. The minimum Gasteiger partial charge on any atom is -0.371 e. The van der Waals surface area contributed by atoms with Crippen molar-refractivity contribution in [2.75, 3.05) is 12.4 Å². The normalized spacial score (nSPS) is 19.0. The van der Waals surface area contributed by atoms with Gasteiger partial charge in [0.05, 0.1) is 10.9 Å². The van der Waals surface area contributed by atoms with E-state index < -0.39 is 0 Å². The molecule has 0 spiro atoms. The lowest BCUT2D eigenvalue weighted by Crippen LogP contribution is -2.06. The molecule has 3 aromatic heterocycles. The Morgan fingerprint density at radius 3 is 2.97 bits per heavy atom. The largest absolute Gasteiger partial charge is 0.371 e. The summed E-state index contributed by atoms with van der Waals surface area (Å²) >= 11 is 6.20. The quantitative estimate of drug-likeness (QED) is 0.413. The zero-order valence-electron chi connectivity index (χ0n) is 16.8. The number of hydrogen-bond acceptors (Lipinski definition) is 4. The van der Waals surface area contributed by atoms with Crippen molar-refractivity contribution in [1.29, 1.82) is 0 Å². The average Bonchev–Trinajstić information content (AvgIpc) is 3.39. The molecular formula is C23H23ClFN5. The molecule has 0 saturated heterocycles. The average molecular weight is 424 g/mol. The highest BCUT2D eigenvalue weighted by Gasteiger charge is 2.27. The molecule has 5 nitrogen and oxygen atoms in total. The van der Waals surface area contributed by atoms with Crippen LogP contribution in [-0.2, 0) is 6.42 Å². The Morgan fingerprint density at radius 2 is 2.10 bits per heavy atom. The topological polar surface area (TPSA) is 55.6 Å². The SMILES string of the molecule is CNc1nc2cc(CCC3CCC(n4ccc5c(Cl)ncnc54)C3)ccc2cc1F. The van der Waals surface area contributed by atoms with E-state index in [9.17, 15) is 4.39 Å². The van der Waals surface area contributed by atoms with Crippen LogP contribution in [0.4, 0.5) is 10.2 Å². The van der Waals surface area contributed by atoms with Crippen molar-refractivity contribution < 1.29 is 4.39 Å². The van der Waals surface area contributed by atoms with Crippen LogP contribution in [-0.4, -0.2) is 26.6 Å². The van der Waals surface area contributed by atoms with Gasteiger partial charge in [0.15, 0.2) is 11.6 Å². The zero-order chi connectivity index (χ0) is 20.7. The minimum absolute atomic E-state index is 0.293. The van der Waals surface area contributed by atoms with Gasteiger partial charge in [0.1, 0.15) is 17.1 Å². The van der Waals surface area contributed by atoms with E-state index in [1.165, 1.54) is 24.4 Å². The van der Waals surface area contributed by atoms with Crippen LogP contribution in [0.1, 0.15) is 37.3 Å². The van der Waals surface area contributed by atoms with Crippen molar-refractivity contribution in [2.45, 2.75) is 38.1 Å². The molecule has 30 heavy (non-hydrogen) atoms. The predicted octanol–water partition coefficient (Wildman–Crippen LogP) is 5.79. The Hall–Kier alpha value is -2.73. The lowest BCUT2D eigenvalue weighted by atomic mass is 9.97. The fraction of sp³-hybridized carbons (Fsp3) is 0.348. The number of nitrogens with one attached hydrogen (secondary N) is 1. The predicted molar refractivity (Wildman–Crippen MR) is 118 cm³/mol. The lowest BCUT2D eigenvalue weighted by molar-refractivity contribution is 0.461. The highest BCUT2D eigenvalue weighted by Crippen LogP contribution is 2.39. The molecular weight excluding hydrogens is 401 g/mol. The van der Waals surface area contributed by atoms with Gasteiger partial charge in [-0.05, 0) is 61.8 Å². The summed E-state index contributed by atoms with van der Waals surface area (Å²) < 4.78 is 16.2. The molecule has 1 aromatic carbocycles. The monoisotopic (exact) mass is 423 g/mol. The van der Waals surface area contributed by atoms with Crippen LogP contribution in [0.5, 0.6) is 0 Å². The number of nitrogens with zero attached hydrogens (tertiary/aromatic N) is 4. The van der Waals surface area contributed by atoms with Crippen molar-refractivity contribution >= 4 is 39.4 Å². The molecule has 0 amide bonds. The van der Waals surface area contributed by atoms with Gasteiger partial charge in [0.25, 0.3) is 0 Å². The van der Waals surface area contributed by atoms with Crippen molar-refractivity contribution in [3.05, 3.63) is 59.4 Å². The first-order valence-corrected chi connectivity index (χ1v) is 10.7. The Labute approximate surface area is 179 Å². The lowest BCUT2D eigenvalue weighted by Gasteiger charge is -2.14. The van der Waals surface area contributed by atoms with Crippen LogP contribution in [0, 0.1) is 11.7 Å². The molecule has 1 saturated carbocycles. The maximum Gasteiger partial charge on any atom is 0.166 e. The van der Waals surface area contributed by atoms with Gasteiger partial charge < -0.3 is 9.88 Å². The Morgan fingerprint density at radius 1 is 1.20 bits per heavy atom. The summed E-state index contributed by atoms with van der Waals surface area (Å²) in [7, 11) is 1.69. The van der Waals surface area contributed by atoms with Crippen molar-refractivity contribution in [3.8, 4) is 0 Å². The smallest absolute Gasteiger partial charge is 0.166 e. The number of pyridine rings is 1. The van der Waals surface area contributed by atoms with Gasteiger partial charge in [0, 0.05) is 24.7 Å². The van der Waals surface area contributed by atoms with E-state index in [2.05, 4.69) is 43.2 Å². The maximum absolute atomic E-state index is 13.9. The first-order valence-electron chi connectivity index (χ1n) is 10.4. The number of aromatic nitrogens is 4. The second kappa shape index (κ2) is 7.84. The second-order valence-electron chi connectivity index (χ2n) is 8.09. The first kappa shape index (κ1) is 19.2. The highest BCUT2D eigenvalue weighted by molar-refractivity contribution is 6.33. The van der Waals surface area contributed by atoms with Crippen LogP contribution in [0.25, 0.3) is 21.9 Å². The molecule has 5 rings (SSSR count). The summed E-state index contributed by atoms with van der Waals surface area (Å²) in [6.07, 6.45) is 9.27. The minimum atomic E-state index is -0.321. The highest BCUT2D eigenvalue weighted by atomic mass is 35.5. The Kier molecular flexibility index (Phi) is 5.03. The number of anilines is 1. The summed E-state index contributed by atoms with van der Waals surface area (Å²) in [6.45, 7) is 0. The van der Waals surface area contributed by atoms with E-state index in [0.29, 0.717) is 22.9 Å². The first-order chi connectivity index (χ1) is 14.6. The van der Waals surface area contributed by atoms with Gasteiger partial charge in [-0.3, -0.25) is 0 Å². The molecule has 1 aliphatic rings. The second-order valence-corrected chi connectivity index (χ2v) is 8.45. The Balaban J connectivity index is 1.27. The van der Waals surface area contributed by atoms with Crippen LogP contribution < -0.4 is 5.32 Å². The van der Waals surface area contributed by atoms with E-state index in [-0.39, 0.29) is 5.82 Å². The number of fused-ring (bicyclic) bond motifs is 2. The molecule has 154 valence electrons. The van der Waals surface area contributed by atoms with Gasteiger partial charge in [-0.15, -0.1) is 0 Å². The van der Waals surface area contributed by atoms with E-state index >= 15 is 0 Å². The molecule has 1 fully saturated rings. The van der Waals surface area contributed by atoms with Crippen molar-refractivity contribution in [2.24, 2.45) is 5.92 Å². The van der Waals surface area contributed by atoms with Crippen LogP contribution in [0.3, 0.4) is 0 Å². The third-order valence-corrected chi connectivity index (χ3v) is 6.58.